The second-order valence-corrected chi connectivity index (χ2v) is 5.93. The smallest absolute Gasteiger partial charge is 0.0931 e. The van der Waals surface area contributed by atoms with Gasteiger partial charge in [0, 0.05) is 11.4 Å². The molecular formula is C11H15ClN2S. The molecule has 0 saturated heterocycles. The van der Waals surface area contributed by atoms with Gasteiger partial charge in [-0.25, -0.2) is 0 Å². The van der Waals surface area contributed by atoms with Gasteiger partial charge in [-0.15, -0.1) is 11.3 Å². The van der Waals surface area contributed by atoms with Gasteiger partial charge in [0.25, 0.3) is 0 Å². The van der Waals surface area contributed by atoms with Crippen LogP contribution in [0.25, 0.3) is 0 Å². The summed E-state index contributed by atoms with van der Waals surface area (Å²) in [6, 6.07) is 6.21. The summed E-state index contributed by atoms with van der Waals surface area (Å²) in [5.41, 5.74) is -0.236. The van der Waals surface area contributed by atoms with E-state index >= 15 is 0 Å². The van der Waals surface area contributed by atoms with Crippen molar-refractivity contribution in [1.29, 1.82) is 5.26 Å². The summed E-state index contributed by atoms with van der Waals surface area (Å²) >= 11 is 7.41. The Morgan fingerprint density at radius 2 is 2.27 bits per heavy atom. The molecule has 1 N–H and O–H groups in total. The fraction of sp³-hybridized carbons (Fsp3) is 0.545. The van der Waals surface area contributed by atoms with Gasteiger partial charge in [-0.3, -0.25) is 0 Å². The molecule has 0 saturated carbocycles. The second kappa shape index (κ2) is 5.50. The Hall–Kier alpha value is -0.560. The van der Waals surface area contributed by atoms with Crippen molar-refractivity contribution in [1.82, 2.24) is 5.32 Å². The molecule has 0 aliphatic rings. The summed E-state index contributed by atoms with van der Waals surface area (Å²) in [6.45, 7) is 5.60. The van der Waals surface area contributed by atoms with Gasteiger partial charge in [-0.2, -0.15) is 5.26 Å². The van der Waals surface area contributed by atoms with Gasteiger partial charge in [-0.1, -0.05) is 11.6 Å². The van der Waals surface area contributed by atoms with Crippen molar-refractivity contribution in [3.05, 3.63) is 21.3 Å². The summed E-state index contributed by atoms with van der Waals surface area (Å²) in [5.74, 6) is 0. The van der Waals surface area contributed by atoms with Crippen molar-refractivity contribution < 1.29 is 0 Å². The highest BCUT2D eigenvalue weighted by atomic mass is 35.5. The number of hydrogen-bond acceptors (Lipinski definition) is 3. The van der Waals surface area contributed by atoms with Crippen molar-refractivity contribution in [2.45, 2.75) is 26.8 Å². The Morgan fingerprint density at radius 1 is 1.53 bits per heavy atom. The topological polar surface area (TPSA) is 35.8 Å². The van der Waals surface area contributed by atoms with E-state index in [2.05, 4.69) is 11.4 Å². The molecule has 0 spiro atoms. The van der Waals surface area contributed by atoms with Gasteiger partial charge in [0.05, 0.1) is 15.8 Å². The number of nitriles is 1. The lowest BCUT2D eigenvalue weighted by molar-refractivity contribution is 0.433. The summed E-state index contributed by atoms with van der Waals surface area (Å²) in [6.07, 6.45) is 0.864. The van der Waals surface area contributed by atoms with Crippen molar-refractivity contribution in [2.75, 3.05) is 6.54 Å². The van der Waals surface area contributed by atoms with E-state index in [-0.39, 0.29) is 5.41 Å². The number of nitrogens with zero attached hydrogens (tertiary/aromatic N) is 1. The maximum Gasteiger partial charge on any atom is 0.0931 e. The Morgan fingerprint density at radius 3 is 2.80 bits per heavy atom. The van der Waals surface area contributed by atoms with Crippen LogP contribution in [-0.4, -0.2) is 6.54 Å². The quantitative estimate of drug-likeness (QED) is 0.803. The Kier molecular flexibility index (Phi) is 4.59. The van der Waals surface area contributed by atoms with E-state index in [1.54, 1.807) is 11.3 Å². The normalized spacial score (nSPS) is 11.3. The molecule has 0 bridgehead atoms. The zero-order valence-corrected chi connectivity index (χ0v) is 10.6. The van der Waals surface area contributed by atoms with Crippen LogP contribution in [0.3, 0.4) is 0 Å². The van der Waals surface area contributed by atoms with E-state index in [4.69, 9.17) is 16.9 Å². The first-order valence-corrected chi connectivity index (χ1v) is 6.09. The molecule has 0 unspecified atom stereocenters. The molecule has 0 fully saturated rings. The molecule has 0 amide bonds. The molecule has 1 heterocycles. The summed E-state index contributed by atoms with van der Waals surface area (Å²) in [4.78, 5) is 1.23. The highest BCUT2D eigenvalue weighted by Crippen LogP contribution is 2.21. The highest BCUT2D eigenvalue weighted by molar-refractivity contribution is 7.16. The van der Waals surface area contributed by atoms with Gasteiger partial charge in [0.2, 0.25) is 0 Å². The average molecular weight is 243 g/mol. The van der Waals surface area contributed by atoms with Crippen LogP contribution in [0, 0.1) is 16.7 Å². The molecular weight excluding hydrogens is 228 g/mol. The van der Waals surface area contributed by atoms with Crippen LogP contribution < -0.4 is 5.32 Å². The Labute approximate surface area is 99.9 Å². The maximum absolute atomic E-state index is 8.82. The zero-order chi connectivity index (χ0) is 11.3. The summed E-state index contributed by atoms with van der Waals surface area (Å²) in [7, 11) is 0. The minimum atomic E-state index is -0.236. The van der Waals surface area contributed by atoms with Gasteiger partial charge in [0.15, 0.2) is 0 Å². The van der Waals surface area contributed by atoms with Gasteiger partial charge in [-0.05, 0) is 38.9 Å². The van der Waals surface area contributed by atoms with Crippen LogP contribution in [-0.2, 0) is 6.54 Å². The lowest BCUT2D eigenvalue weighted by Crippen LogP contribution is -2.20. The molecule has 0 atom stereocenters. The van der Waals surface area contributed by atoms with Crippen LogP contribution in [0.5, 0.6) is 0 Å². The van der Waals surface area contributed by atoms with Crippen molar-refractivity contribution in [3.63, 3.8) is 0 Å². The number of hydrogen-bond donors (Lipinski definition) is 1. The maximum atomic E-state index is 8.82. The fourth-order valence-electron chi connectivity index (χ4n) is 1.12. The van der Waals surface area contributed by atoms with E-state index in [0.717, 1.165) is 23.8 Å². The third kappa shape index (κ3) is 4.65. The monoisotopic (exact) mass is 242 g/mol. The van der Waals surface area contributed by atoms with E-state index in [0.29, 0.717) is 0 Å². The van der Waals surface area contributed by atoms with Gasteiger partial charge >= 0.3 is 0 Å². The predicted octanol–water partition coefficient (Wildman–Crippen LogP) is 3.43. The molecule has 0 aliphatic heterocycles. The SMILES string of the molecule is CC(C)(C#N)CCNCc1ccc(Cl)s1. The number of thiophene rings is 1. The van der Waals surface area contributed by atoms with Crippen LogP contribution in [0.4, 0.5) is 0 Å². The first kappa shape index (κ1) is 12.5. The predicted molar refractivity (Wildman–Crippen MR) is 65.0 cm³/mol. The van der Waals surface area contributed by atoms with E-state index in [1.807, 2.05) is 26.0 Å². The standard InChI is InChI=1S/C11H15ClN2S/c1-11(2,8-13)5-6-14-7-9-3-4-10(12)15-9/h3-4,14H,5-7H2,1-2H3. The molecule has 82 valence electrons. The zero-order valence-electron chi connectivity index (χ0n) is 9.01. The lowest BCUT2D eigenvalue weighted by atomic mass is 9.91. The molecule has 1 aromatic heterocycles. The fourth-order valence-corrected chi connectivity index (χ4v) is 2.17. The highest BCUT2D eigenvalue weighted by Gasteiger charge is 2.15. The largest absolute Gasteiger partial charge is 0.312 e. The molecule has 4 heteroatoms. The Balaban J connectivity index is 2.21. The van der Waals surface area contributed by atoms with Gasteiger partial charge < -0.3 is 5.32 Å². The molecule has 15 heavy (non-hydrogen) atoms. The van der Waals surface area contributed by atoms with Crippen LogP contribution in [0.1, 0.15) is 25.1 Å². The minimum Gasteiger partial charge on any atom is -0.312 e. The lowest BCUT2D eigenvalue weighted by Gasteiger charge is -2.14. The third-order valence-electron chi connectivity index (χ3n) is 2.16. The number of halogens is 1. The third-order valence-corrected chi connectivity index (χ3v) is 3.39. The molecule has 1 aromatic rings. The second-order valence-electron chi connectivity index (χ2n) is 4.13. The van der Waals surface area contributed by atoms with Crippen LogP contribution >= 0.6 is 22.9 Å². The van der Waals surface area contributed by atoms with E-state index in [9.17, 15) is 0 Å². The van der Waals surface area contributed by atoms with E-state index < -0.39 is 0 Å². The molecule has 0 aromatic carbocycles. The van der Waals surface area contributed by atoms with Crippen molar-refractivity contribution >= 4 is 22.9 Å². The molecule has 2 nitrogen and oxygen atoms in total. The summed E-state index contributed by atoms with van der Waals surface area (Å²) in [5, 5.41) is 12.1. The number of rotatable bonds is 5. The van der Waals surface area contributed by atoms with Crippen LogP contribution in [0.15, 0.2) is 12.1 Å². The first-order valence-electron chi connectivity index (χ1n) is 4.90. The first-order chi connectivity index (χ1) is 7.03. The minimum absolute atomic E-state index is 0.236. The number of nitrogens with one attached hydrogen (secondary N) is 1. The summed E-state index contributed by atoms with van der Waals surface area (Å²) < 4.78 is 0.823. The van der Waals surface area contributed by atoms with E-state index in [1.165, 1.54) is 4.88 Å². The molecule has 0 aliphatic carbocycles. The Bertz CT molecular complexity index is 352. The van der Waals surface area contributed by atoms with Crippen molar-refractivity contribution in [3.8, 4) is 6.07 Å². The average Bonchev–Trinajstić information content (AvgIpc) is 2.59. The molecule has 1 rings (SSSR count). The van der Waals surface area contributed by atoms with Gasteiger partial charge in [0.1, 0.15) is 0 Å². The van der Waals surface area contributed by atoms with Crippen molar-refractivity contribution in [2.24, 2.45) is 5.41 Å². The van der Waals surface area contributed by atoms with Crippen LogP contribution in [0.2, 0.25) is 4.34 Å². The molecule has 0 radical (unpaired) electrons.